The SMILES string of the molecule is Cc1cc(C)c(NC(=O)CNc2nccn3nc(C)cc23)c(C)c1. The number of amides is 1. The molecule has 0 fully saturated rings. The standard InChI is InChI=1S/C18H21N5O/c1-11-7-12(2)17(13(3)8-11)21-16(24)10-20-18-15-9-14(4)22-23(15)6-5-19-18/h5-9H,10H2,1-4H3,(H,19,20)(H,21,24). The molecule has 1 aromatic carbocycles. The van der Waals surface area contributed by atoms with E-state index in [0.717, 1.165) is 28.0 Å². The summed E-state index contributed by atoms with van der Waals surface area (Å²) < 4.78 is 1.75. The molecule has 0 spiro atoms. The molecule has 0 saturated heterocycles. The molecule has 0 atom stereocenters. The molecule has 0 aliphatic carbocycles. The Morgan fingerprint density at radius 1 is 1.12 bits per heavy atom. The number of nitrogens with one attached hydrogen (secondary N) is 2. The lowest BCUT2D eigenvalue weighted by Crippen LogP contribution is -2.23. The number of anilines is 2. The molecule has 1 amide bonds. The van der Waals surface area contributed by atoms with Gasteiger partial charge in [-0.1, -0.05) is 17.7 Å². The Morgan fingerprint density at radius 3 is 2.54 bits per heavy atom. The van der Waals surface area contributed by atoms with Crippen molar-refractivity contribution in [2.45, 2.75) is 27.7 Å². The molecule has 6 heteroatoms. The van der Waals surface area contributed by atoms with Gasteiger partial charge in [-0.2, -0.15) is 5.10 Å². The number of aryl methyl sites for hydroxylation is 4. The van der Waals surface area contributed by atoms with Crippen molar-refractivity contribution in [3.05, 3.63) is 53.0 Å². The highest BCUT2D eigenvalue weighted by molar-refractivity contribution is 5.95. The molecule has 0 unspecified atom stereocenters. The number of hydrogen-bond acceptors (Lipinski definition) is 4. The van der Waals surface area contributed by atoms with Gasteiger partial charge in [0.05, 0.1) is 12.2 Å². The molecule has 0 aliphatic rings. The van der Waals surface area contributed by atoms with Crippen molar-refractivity contribution in [2.75, 3.05) is 17.2 Å². The van der Waals surface area contributed by atoms with E-state index in [2.05, 4.69) is 32.8 Å². The van der Waals surface area contributed by atoms with E-state index in [1.165, 1.54) is 5.56 Å². The Labute approximate surface area is 140 Å². The minimum atomic E-state index is -0.106. The topological polar surface area (TPSA) is 71.3 Å². The molecular weight excluding hydrogens is 302 g/mol. The molecule has 2 heterocycles. The van der Waals surface area contributed by atoms with Crippen LogP contribution in [-0.2, 0) is 4.79 Å². The summed E-state index contributed by atoms with van der Waals surface area (Å²) in [4.78, 5) is 16.6. The number of hydrogen-bond donors (Lipinski definition) is 2. The van der Waals surface area contributed by atoms with E-state index in [1.807, 2.05) is 33.8 Å². The third kappa shape index (κ3) is 3.22. The fraction of sp³-hybridized carbons (Fsp3) is 0.278. The number of fused-ring (bicyclic) bond motifs is 1. The van der Waals surface area contributed by atoms with Crippen LogP contribution in [0.3, 0.4) is 0 Å². The van der Waals surface area contributed by atoms with Crippen molar-refractivity contribution in [1.82, 2.24) is 14.6 Å². The third-order valence-corrected chi connectivity index (χ3v) is 3.87. The highest BCUT2D eigenvalue weighted by Crippen LogP contribution is 2.22. The second-order valence-corrected chi connectivity index (χ2v) is 6.07. The minimum absolute atomic E-state index is 0.106. The maximum atomic E-state index is 12.3. The Balaban J connectivity index is 1.72. The van der Waals surface area contributed by atoms with Gasteiger partial charge in [-0.3, -0.25) is 4.79 Å². The van der Waals surface area contributed by atoms with Crippen LogP contribution in [0.1, 0.15) is 22.4 Å². The van der Waals surface area contributed by atoms with Gasteiger partial charge in [0.15, 0.2) is 5.82 Å². The van der Waals surface area contributed by atoms with Crippen LogP contribution < -0.4 is 10.6 Å². The van der Waals surface area contributed by atoms with Crippen molar-refractivity contribution >= 4 is 22.9 Å². The maximum Gasteiger partial charge on any atom is 0.243 e. The monoisotopic (exact) mass is 323 g/mol. The molecule has 0 radical (unpaired) electrons. The van der Waals surface area contributed by atoms with Gasteiger partial charge in [0.25, 0.3) is 0 Å². The Kier molecular flexibility index (Phi) is 4.20. The zero-order valence-corrected chi connectivity index (χ0v) is 14.3. The van der Waals surface area contributed by atoms with Gasteiger partial charge in [-0.05, 0) is 44.9 Å². The van der Waals surface area contributed by atoms with Gasteiger partial charge >= 0.3 is 0 Å². The normalized spacial score (nSPS) is 10.8. The molecule has 2 N–H and O–H groups in total. The zero-order chi connectivity index (χ0) is 17.3. The molecule has 2 aromatic heterocycles. The van der Waals surface area contributed by atoms with Gasteiger partial charge in [-0.25, -0.2) is 9.50 Å². The van der Waals surface area contributed by atoms with E-state index in [0.29, 0.717) is 5.82 Å². The maximum absolute atomic E-state index is 12.3. The Hall–Kier alpha value is -2.89. The quantitative estimate of drug-likeness (QED) is 0.774. The number of carbonyl (C=O) groups is 1. The Bertz CT molecular complexity index is 890. The highest BCUT2D eigenvalue weighted by Gasteiger charge is 2.10. The van der Waals surface area contributed by atoms with E-state index in [4.69, 9.17) is 0 Å². The molecule has 124 valence electrons. The first-order valence-corrected chi connectivity index (χ1v) is 7.86. The third-order valence-electron chi connectivity index (χ3n) is 3.87. The predicted molar refractivity (Wildman–Crippen MR) is 95.5 cm³/mol. The van der Waals surface area contributed by atoms with Gasteiger partial charge in [0.2, 0.25) is 5.91 Å². The molecule has 3 rings (SSSR count). The smallest absolute Gasteiger partial charge is 0.243 e. The molecule has 3 aromatic rings. The fourth-order valence-electron chi connectivity index (χ4n) is 2.91. The lowest BCUT2D eigenvalue weighted by Gasteiger charge is -2.13. The van der Waals surface area contributed by atoms with Crippen LogP contribution in [0.4, 0.5) is 11.5 Å². The molecule has 0 aliphatic heterocycles. The molecule has 0 saturated carbocycles. The van der Waals surface area contributed by atoms with Crippen LogP contribution >= 0.6 is 0 Å². The largest absolute Gasteiger partial charge is 0.359 e. The average molecular weight is 323 g/mol. The number of benzene rings is 1. The van der Waals surface area contributed by atoms with E-state index < -0.39 is 0 Å². The van der Waals surface area contributed by atoms with E-state index in [9.17, 15) is 4.79 Å². The first-order chi connectivity index (χ1) is 11.4. The molecule has 6 nitrogen and oxygen atoms in total. The van der Waals surface area contributed by atoms with Crippen LogP contribution in [0, 0.1) is 27.7 Å². The zero-order valence-electron chi connectivity index (χ0n) is 14.3. The molecule has 24 heavy (non-hydrogen) atoms. The van der Waals surface area contributed by atoms with Crippen LogP contribution in [0.2, 0.25) is 0 Å². The summed E-state index contributed by atoms with van der Waals surface area (Å²) in [6, 6.07) is 6.06. The van der Waals surface area contributed by atoms with Crippen LogP contribution in [-0.4, -0.2) is 27.0 Å². The van der Waals surface area contributed by atoms with Crippen LogP contribution in [0.5, 0.6) is 0 Å². The molecular formula is C18H21N5O. The number of nitrogens with zero attached hydrogens (tertiary/aromatic N) is 3. The predicted octanol–water partition coefficient (Wildman–Crippen LogP) is 3.01. The first-order valence-electron chi connectivity index (χ1n) is 7.86. The number of rotatable bonds is 4. The summed E-state index contributed by atoms with van der Waals surface area (Å²) in [6.45, 7) is 8.11. The van der Waals surface area contributed by atoms with E-state index >= 15 is 0 Å². The fourth-order valence-corrected chi connectivity index (χ4v) is 2.91. The van der Waals surface area contributed by atoms with Gasteiger partial charge in [0, 0.05) is 18.1 Å². The lowest BCUT2D eigenvalue weighted by atomic mass is 10.1. The first kappa shape index (κ1) is 16.0. The summed E-state index contributed by atoms with van der Waals surface area (Å²) in [5.41, 5.74) is 5.94. The van der Waals surface area contributed by atoms with Gasteiger partial charge < -0.3 is 10.6 Å². The van der Waals surface area contributed by atoms with Crippen molar-refractivity contribution in [3.63, 3.8) is 0 Å². The number of aromatic nitrogens is 3. The van der Waals surface area contributed by atoms with Gasteiger partial charge in [-0.15, -0.1) is 0 Å². The summed E-state index contributed by atoms with van der Waals surface area (Å²) >= 11 is 0. The van der Waals surface area contributed by atoms with Crippen molar-refractivity contribution in [3.8, 4) is 0 Å². The van der Waals surface area contributed by atoms with Crippen LogP contribution in [0.25, 0.3) is 5.52 Å². The summed E-state index contributed by atoms with van der Waals surface area (Å²) in [5.74, 6) is 0.538. The van der Waals surface area contributed by atoms with Crippen molar-refractivity contribution in [2.24, 2.45) is 0 Å². The number of carbonyl (C=O) groups excluding carboxylic acids is 1. The second kappa shape index (κ2) is 6.31. The second-order valence-electron chi connectivity index (χ2n) is 6.07. The van der Waals surface area contributed by atoms with Crippen molar-refractivity contribution in [1.29, 1.82) is 0 Å². The Morgan fingerprint density at radius 2 is 1.83 bits per heavy atom. The van der Waals surface area contributed by atoms with Crippen molar-refractivity contribution < 1.29 is 4.79 Å². The van der Waals surface area contributed by atoms with E-state index in [-0.39, 0.29) is 12.5 Å². The van der Waals surface area contributed by atoms with Crippen LogP contribution in [0.15, 0.2) is 30.6 Å². The minimum Gasteiger partial charge on any atom is -0.359 e. The summed E-state index contributed by atoms with van der Waals surface area (Å²) in [5, 5.41) is 10.4. The average Bonchev–Trinajstić information content (AvgIpc) is 2.89. The van der Waals surface area contributed by atoms with Gasteiger partial charge in [0.1, 0.15) is 5.52 Å². The molecule has 0 bridgehead atoms. The summed E-state index contributed by atoms with van der Waals surface area (Å²) in [7, 11) is 0. The summed E-state index contributed by atoms with van der Waals surface area (Å²) in [6.07, 6.45) is 3.44. The lowest BCUT2D eigenvalue weighted by molar-refractivity contribution is -0.114. The highest BCUT2D eigenvalue weighted by atomic mass is 16.1. The van der Waals surface area contributed by atoms with E-state index in [1.54, 1.807) is 16.9 Å².